The number of β-amino-alcohol motifs (C(OH)–C–C–N with tert-alkyl or cyclic N) is 1. The van der Waals surface area contributed by atoms with Gasteiger partial charge in [-0.05, 0) is 19.1 Å². The van der Waals surface area contributed by atoms with E-state index >= 15 is 0 Å². The van der Waals surface area contributed by atoms with Gasteiger partial charge in [-0.25, -0.2) is 0 Å². The molecule has 0 spiro atoms. The maximum Gasteiger partial charge on any atom is 0.289 e. The van der Waals surface area contributed by atoms with Gasteiger partial charge < -0.3 is 19.2 Å². The number of amides is 1. The van der Waals surface area contributed by atoms with Crippen molar-refractivity contribution >= 4 is 16.9 Å². The largest absolute Gasteiger partial charge is 0.493 e. The quantitative estimate of drug-likeness (QED) is 0.927. The number of benzene rings is 1. The highest BCUT2D eigenvalue weighted by molar-refractivity contribution is 5.97. The van der Waals surface area contributed by atoms with Crippen LogP contribution in [0.1, 0.15) is 17.5 Å². The number of piperazine rings is 1. The SMILES string of the molecule is COc1cccc2cc(C(=O)N3CCN(CC(C)O)CC3)oc12. The lowest BCUT2D eigenvalue weighted by Crippen LogP contribution is -2.50. The Labute approximate surface area is 135 Å². The smallest absolute Gasteiger partial charge is 0.289 e. The van der Waals surface area contributed by atoms with Gasteiger partial charge in [0.1, 0.15) is 0 Å². The number of hydrogen-bond acceptors (Lipinski definition) is 5. The summed E-state index contributed by atoms with van der Waals surface area (Å²) >= 11 is 0. The third kappa shape index (κ3) is 3.33. The van der Waals surface area contributed by atoms with Crippen LogP contribution < -0.4 is 4.74 Å². The van der Waals surface area contributed by atoms with Crippen LogP contribution in [0.4, 0.5) is 0 Å². The molecule has 23 heavy (non-hydrogen) atoms. The molecule has 1 atom stereocenters. The van der Waals surface area contributed by atoms with Crippen LogP contribution in [0.5, 0.6) is 5.75 Å². The Bertz CT molecular complexity index is 687. The van der Waals surface area contributed by atoms with Crippen LogP contribution in [0.2, 0.25) is 0 Å². The molecular formula is C17H22N2O4. The molecule has 1 N–H and O–H groups in total. The van der Waals surface area contributed by atoms with Gasteiger partial charge in [0.25, 0.3) is 5.91 Å². The Morgan fingerprint density at radius 3 is 2.74 bits per heavy atom. The normalized spacial score (nSPS) is 17.4. The number of aliphatic hydroxyl groups is 1. The van der Waals surface area contributed by atoms with Crippen molar-refractivity contribution in [2.24, 2.45) is 0 Å². The second-order valence-corrected chi connectivity index (χ2v) is 5.93. The van der Waals surface area contributed by atoms with Crippen LogP contribution in [0.25, 0.3) is 11.0 Å². The molecule has 0 radical (unpaired) electrons. The van der Waals surface area contributed by atoms with Gasteiger partial charge in [-0.1, -0.05) is 12.1 Å². The monoisotopic (exact) mass is 318 g/mol. The van der Waals surface area contributed by atoms with E-state index in [0.29, 0.717) is 36.7 Å². The first-order valence-corrected chi connectivity index (χ1v) is 7.84. The number of ether oxygens (including phenoxy) is 1. The summed E-state index contributed by atoms with van der Waals surface area (Å²) in [6.07, 6.45) is -0.347. The van der Waals surface area contributed by atoms with Gasteiger partial charge in [-0.3, -0.25) is 9.69 Å². The molecule has 1 saturated heterocycles. The highest BCUT2D eigenvalue weighted by atomic mass is 16.5. The lowest BCUT2D eigenvalue weighted by atomic mass is 10.2. The second-order valence-electron chi connectivity index (χ2n) is 5.93. The zero-order valence-corrected chi connectivity index (χ0v) is 13.5. The van der Waals surface area contributed by atoms with Crippen molar-refractivity contribution in [3.63, 3.8) is 0 Å². The number of nitrogens with zero attached hydrogens (tertiary/aromatic N) is 2. The lowest BCUT2D eigenvalue weighted by Gasteiger charge is -2.34. The molecule has 1 unspecified atom stereocenters. The number of furan rings is 1. The summed E-state index contributed by atoms with van der Waals surface area (Å²) in [6.45, 7) is 5.23. The van der Waals surface area contributed by atoms with E-state index in [2.05, 4.69) is 4.90 Å². The van der Waals surface area contributed by atoms with Crippen LogP contribution in [0.15, 0.2) is 28.7 Å². The number of para-hydroxylation sites is 1. The minimum atomic E-state index is -0.347. The molecule has 0 bridgehead atoms. The van der Waals surface area contributed by atoms with Crippen LogP contribution in [0, 0.1) is 0 Å². The van der Waals surface area contributed by atoms with E-state index < -0.39 is 0 Å². The number of carbonyl (C=O) groups is 1. The molecule has 1 aliphatic rings. The number of carbonyl (C=O) groups excluding carboxylic acids is 1. The number of fused-ring (bicyclic) bond motifs is 1. The van der Waals surface area contributed by atoms with E-state index in [1.807, 2.05) is 18.2 Å². The van der Waals surface area contributed by atoms with Crippen molar-refractivity contribution in [2.75, 3.05) is 39.8 Å². The maximum atomic E-state index is 12.6. The Kier molecular flexibility index (Phi) is 4.54. The van der Waals surface area contributed by atoms with Gasteiger partial charge in [0.05, 0.1) is 13.2 Å². The predicted octanol–water partition coefficient (Wildman–Crippen LogP) is 1.58. The van der Waals surface area contributed by atoms with E-state index in [9.17, 15) is 9.90 Å². The number of aliphatic hydroxyl groups excluding tert-OH is 1. The summed E-state index contributed by atoms with van der Waals surface area (Å²) in [6, 6.07) is 7.36. The topological polar surface area (TPSA) is 66.2 Å². The minimum Gasteiger partial charge on any atom is -0.493 e. The van der Waals surface area contributed by atoms with Crippen LogP contribution in [-0.4, -0.2) is 66.8 Å². The zero-order chi connectivity index (χ0) is 16.4. The fourth-order valence-corrected chi connectivity index (χ4v) is 2.97. The number of rotatable bonds is 4. The first-order chi connectivity index (χ1) is 11.1. The van der Waals surface area contributed by atoms with Crippen molar-refractivity contribution in [3.8, 4) is 5.75 Å². The molecule has 6 heteroatoms. The van der Waals surface area contributed by atoms with Gasteiger partial charge in [0.2, 0.25) is 0 Å². The standard InChI is InChI=1S/C17H22N2O4/c1-12(20)11-18-6-8-19(9-7-18)17(21)15-10-13-4-3-5-14(22-2)16(13)23-15/h3-5,10,12,20H,6-9,11H2,1-2H3. The highest BCUT2D eigenvalue weighted by Crippen LogP contribution is 2.29. The molecule has 2 heterocycles. The van der Waals surface area contributed by atoms with Crippen molar-refractivity contribution in [1.82, 2.24) is 9.80 Å². The minimum absolute atomic E-state index is 0.0973. The average Bonchev–Trinajstić information content (AvgIpc) is 2.98. The predicted molar refractivity (Wildman–Crippen MR) is 86.8 cm³/mol. The maximum absolute atomic E-state index is 12.6. The van der Waals surface area contributed by atoms with Crippen LogP contribution in [-0.2, 0) is 0 Å². The lowest BCUT2D eigenvalue weighted by molar-refractivity contribution is 0.0530. The summed E-state index contributed by atoms with van der Waals surface area (Å²) in [5.41, 5.74) is 0.603. The van der Waals surface area contributed by atoms with Crippen molar-refractivity contribution in [3.05, 3.63) is 30.0 Å². The Hall–Kier alpha value is -2.05. The van der Waals surface area contributed by atoms with Gasteiger partial charge in [0.15, 0.2) is 17.1 Å². The fraction of sp³-hybridized carbons (Fsp3) is 0.471. The number of hydrogen-bond donors (Lipinski definition) is 1. The summed E-state index contributed by atoms with van der Waals surface area (Å²) in [7, 11) is 1.58. The van der Waals surface area contributed by atoms with Gasteiger partial charge in [-0.15, -0.1) is 0 Å². The molecule has 1 amide bonds. The summed E-state index contributed by atoms with van der Waals surface area (Å²) in [4.78, 5) is 16.6. The van der Waals surface area contributed by atoms with Gasteiger partial charge in [0, 0.05) is 38.1 Å². The molecular weight excluding hydrogens is 296 g/mol. The number of methoxy groups -OCH3 is 1. The van der Waals surface area contributed by atoms with E-state index in [4.69, 9.17) is 9.15 Å². The zero-order valence-electron chi connectivity index (χ0n) is 13.5. The average molecular weight is 318 g/mol. The Morgan fingerprint density at radius 2 is 2.09 bits per heavy atom. The van der Waals surface area contributed by atoms with E-state index in [1.54, 1.807) is 25.0 Å². The summed E-state index contributed by atoms with van der Waals surface area (Å²) in [5.74, 6) is 0.872. The molecule has 1 aliphatic heterocycles. The molecule has 1 aromatic carbocycles. The van der Waals surface area contributed by atoms with Crippen LogP contribution in [0.3, 0.4) is 0 Å². The van der Waals surface area contributed by atoms with Crippen molar-refractivity contribution in [2.45, 2.75) is 13.0 Å². The van der Waals surface area contributed by atoms with E-state index in [0.717, 1.165) is 18.5 Å². The van der Waals surface area contributed by atoms with E-state index in [-0.39, 0.29) is 12.0 Å². The second kappa shape index (κ2) is 6.60. The third-order valence-corrected chi connectivity index (χ3v) is 4.12. The highest BCUT2D eigenvalue weighted by Gasteiger charge is 2.25. The summed E-state index contributed by atoms with van der Waals surface area (Å²) < 4.78 is 11.0. The molecule has 124 valence electrons. The van der Waals surface area contributed by atoms with Gasteiger partial charge >= 0.3 is 0 Å². The first kappa shape index (κ1) is 15.8. The first-order valence-electron chi connectivity index (χ1n) is 7.84. The molecule has 3 rings (SSSR count). The van der Waals surface area contributed by atoms with Crippen molar-refractivity contribution in [1.29, 1.82) is 0 Å². The molecule has 6 nitrogen and oxygen atoms in total. The Balaban J connectivity index is 1.72. The fourth-order valence-electron chi connectivity index (χ4n) is 2.97. The molecule has 0 aliphatic carbocycles. The third-order valence-electron chi connectivity index (χ3n) is 4.12. The molecule has 0 saturated carbocycles. The van der Waals surface area contributed by atoms with E-state index in [1.165, 1.54) is 0 Å². The Morgan fingerprint density at radius 1 is 1.35 bits per heavy atom. The van der Waals surface area contributed by atoms with Crippen molar-refractivity contribution < 1.29 is 19.1 Å². The van der Waals surface area contributed by atoms with Crippen LogP contribution >= 0.6 is 0 Å². The molecule has 2 aromatic rings. The summed E-state index contributed by atoms with van der Waals surface area (Å²) in [5, 5.41) is 10.3. The molecule has 1 fully saturated rings. The van der Waals surface area contributed by atoms with Gasteiger partial charge in [-0.2, -0.15) is 0 Å². The molecule has 1 aromatic heterocycles.